The fraction of sp³-hybridized carbons (Fsp3) is 0.200. The predicted molar refractivity (Wildman–Crippen MR) is 74.9 cm³/mol. The van der Waals surface area contributed by atoms with Gasteiger partial charge in [0.05, 0.1) is 5.69 Å². The van der Waals surface area contributed by atoms with E-state index in [2.05, 4.69) is 16.4 Å². The first-order valence-electron chi connectivity index (χ1n) is 6.37. The molecule has 2 amide bonds. The van der Waals surface area contributed by atoms with Crippen molar-refractivity contribution < 1.29 is 4.79 Å². The minimum atomic E-state index is -0.518. The van der Waals surface area contributed by atoms with Crippen molar-refractivity contribution in [3.05, 3.63) is 47.8 Å². The van der Waals surface area contributed by atoms with E-state index in [1.54, 1.807) is 12.4 Å². The molecule has 1 aliphatic carbocycles. The van der Waals surface area contributed by atoms with Crippen LogP contribution in [0.3, 0.4) is 0 Å². The Labute approximate surface area is 111 Å². The van der Waals surface area contributed by atoms with E-state index in [4.69, 9.17) is 5.73 Å². The van der Waals surface area contributed by atoms with Crippen molar-refractivity contribution in [1.29, 1.82) is 0 Å². The molecule has 0 saturated carbocycles. The van der Waals surface area contributed by atoms with Crippen LogP contribution < -0.4 is 11.1 Å². The number of hydrogen-bond donors (Lipinski definition) is 2. The number of nitrogens with zero attached hydrogens (tertiary/aromatic N) is 1. The van der Waals surface area contributed by atoms with Crippen LogP contribution in [0, 0.1) is 0 Å². The van der Waals surface area contributed by atoms with Gasteiger partial charge in [-0.1, -0.05) is 12.1 Å². The molecule has 0 unspecified atom stereocenters. The zero-order chi connectivity index (χ0) is 13.2. The summed E-state index contributed by atoms with van der Waals surface area (Å²) in [7, 11) is 0. The third-order valence-corrected chi connectivity index (χ3v) is 3.52. The van der Waals surface area contributed by atoms with Gasteiger partial charge >= 0.3 is 6.03 Å². The molecule has 1 heterocycles. The maximum absolute atomic E-state index is 11.3. The van der Waals surface area contributed by atoms with E-state index >= 15 is 0 Å². The highest BCUT2D eigenvalue weighted by atomic mass is 16.2. The fourth-order valence-electron chi connectivity index (χ4n) is 2.70. The molecule has 1 aliphatic rings. The van der Waals surface area contributed by atoms with Crippen molar-refractivity contribution in [3.8, 4) is 11.1 Å². The first-order valence-corrected chi connectivity index (χ1v) is 6.37. The van der Waals surface area contributed by atoms with Gasteiger partial charge in [-0.2, -0.15) is 0 Å². The first kappa shape index (κ1) is 11.7. The number of primary amides is 1. The Morgan fingerprint density at radius 2 is 1.95 bits per heavy atom. The number of nitrogens with two attached hydrogens (primary N) is 1. The van der Waals surface area contributed by atoms with Crippen LogP contribution >= 0.6 is 0 Å². The summed E-state index contributed by atoms with van der Waals surface area (Å²) in [6, 6.07) is 7.54. The van der Waals surface area contributed by atoms with Gasteiger partial charge in [-0.3, -0.25) is 4.98 Å². The number of rotatable bonds is 2. The summed E-state index contributed by atoms with van der Waals surface area (Å²) in [5.41, 5.74) is 10.7. The van der Waals surface area contributed by atoms with Crippen LogP contribution in [-0.2, 0) is 12.8 Å². The van der Waals surface area contributed by atoms with Gasteiger partial charge in [0.25, 0.3) is 0 Å². The van der Waals surface area contributed by atoms with Gasteiger partial charge in [0.2, 0.25) is 0 Å². The summed E-state index contributed by atoms with van der Waals surface area (Å²) in [6.07, 6.45) is 6.68. The summed E-state index contributed by atoms with van der Waals surface area (Å²) in [4.78, 5) is 15.3. The molecule has 0 bridgehead atoms. The van der Waals surface area contributed by atoms with Gasteiger partial charge in [-0.25, -0.2) is 4.79 Å². The lowest BCUT2D eigenvalue weighted by Crippen LogP contribution is -2.20. The van der Waals surface area contributed by atoms with E-state index in [0.29, 0.717) is 0 Å². The van der Waals surface area contributed by atoms with Crippen LogP contribution in [0.5, 0.6) is 0 Å². The lowest BCUT2D eigenvalue weighted by atomic mass is 9.98. The molecule has 4 nitrogen and oxygen atoms in total. The quantitative estimate of drug-likeness (QED) is 0.864. The summed E-state index contributed by atoms with van der Waals surface area (Å²) >= 11 is 0. The van der Waals surface area contributed by atoms with Crippen LogP contribution in [-0.4, -0.2) is 11.0 Å². The van der Waals surface area contributed by atoms with Gasteiger partial charge in [0.15, 0.2) is 0 Å². The van der Waals surface area contributed by atoms with Crippen LogP contribution in [0.25, 0.3) is 11.1 Å². The molecule has 1 aromatic carbocycles. The van der Waals surface area contributed by atoms with Crippen molar-refractivity contribution in [2.45, 2.75) is 19.3 Å². The van der Waals surface area contributed by atoms with E-state index in [-0.39, 0.29) is 0 Å². The number of benzene rings is 1. The van der Waals surface area contributed by atoms with E-state index in [0.717, 1.165) is 36.1 Å². The van der Waals surface area contributed by atoms with Gasteiger partial charge in [0, 0.05) is 18.0 Å². The zero-order valence-electron chi connectivity index (χ0n) is 10.5. The summed E-state index contributed by atoms with van der Waals surface area (Å²) < 4.78 is 0. The summed E-state index contributed by atoms with van der Waals surface area (Å²) in [5.74, 6) is 0. The van der Waals surface area contributed by atoms with Crippen molar-refractivity contribution in [3.63, 3.8) is 0 Å². The fourth-order valence-corrected chi connectivity index (χ4v) is 2.70. The lowest BCUT2D eigenvalue weighted by molar-refractivity contribution is 0.259. The SMILES string of the molecule is NC(=O)Nc1c(-c2ccncc2)ccc2c1CCC2. The maximum atomic E-state index is 11.3. The van der Waals surface area contributed by atoms with Crippen LogP contribution in [0.2, 0.25) is 0 Å². The van der Waals surface area contributed by atoms with Crippen molar-refractivity contribution in [1.82, 2.24) is 4.98 Å². The van der Waals surface area contributed by atoms with E-state index in [1.807, 2.05) is 18.2 Å². The first-order chi connectivity index (χ1) is 9.25. The molecule has 96 valence electrons. The monoisotopic (exact) mass is 253 g/mol. The number of amides is 2. The molecule has 0 radical (unpaired) electrons. The highest BCUT2D eigenvalue weighted by Crippen LogP contribution is 2.37. The molecule has 1 aromatic heterocycles. The number of fused-ring (bicyclic) bond motifs is 1. The number of aryl methyl sites for hydroxylation is 1. The maximum Gasteiger partial charge on any atom is 0.316 e. The van der Waals surface area contributed by atoms with Gasteiger partial charge in [0.1, 0.15) is 0 Å². The number of anilines is 1. The molecule has 0 atom stereocenters. The smallest absolute Gasteiger partial charge is 0.316 e. The Morgan fingerprint density at radius 3 is 2.68 bits per heavy atom. The molecule has 2 aromatic rings. The molecule has 4 heteroatoms. The van der Waals surface area contributed by atoms with Gasteiger partial charge in [-0.05, 0) is 48.1 Å². The third-order valence-electron chi connectivity index (χ3n) is 3.52. The third kappa shape index (κ3) is 2.17. The second-order valence-electron chi connectivity index (χ2n) is 4.70. The molecule has 0 spiro atoms. The molecule has 0 aliphatic heterocycles. The average molecular weight is 253 g/mol. The van der Waals surface area contributed by atoms with Crippen molar-refractivity contribution in [2.24, 2.45) is 5.73 Å². The van der Waals surface area contributed by atoms with Crippen LogP contribution in [0.1, 0.15) is 17.5 Å². The Hall–Kier alpha value is -2.36. The van der Waals surface area contributed by atoms with Crippen LogP contribution in [0.15, 0.2) is 36.7 Å². The topological polar surface area (TPSA) is 68.0 Å². The number of carbonyl (C=O) groups excluding carboxylic acids is 1. The predicted octanol–water partition coefficient (Wildman–Crippen LogP) is 2.73. The zero-order valence-corrected chi connectivity index (χ0v) is 10.5. The molecular weight excluding hydrogens is 238 g/mol. The second kappa shape index (κ2) is 4.72. The highest BCUT2D eigenvalue weighted by Gasteiger charge is 2.19. The number of nitrogens with one attached hydrogen (secondary N) is 1. The highest BCUT2D eigenvalue weighted by molar-refractivity contribution is 5.95. The lowest BCUT2D eigenvalue weighted by Gasteiger charge is -2.14. The minimum absolute atomic E-state index is 0.518. The average Bonchev–Trinajstić information content (AvgIpc) is 2.88. The van der Waals surface area contributed by atoms with E-state index in [9.17, 15) is 4.79 Å². The molecule has 3 rings (SSSR count). The molecule has 0 saturated heterocycles. The Morgan fingerprint density at radius 1 is 1.16 bits per heavy atom. The largest absolute Gasteiger partial charge is 0.351 e. The van der Waals surface area contributed by atoms with Gasteiger partial charge in [-0.15, -0.1) is 0 Å². The molecular formula is C15H15N3O. The van der Waals surface area contributed by atoms with Gasteiger partial charge < -0.3 is 11.1 Å². The Bertz CT molecular complexity index is 623. The normalized spacial score (nSPS) is 13.1. The van der Waals surface area contributed by atoms with Crippen molar-refractivity contribution in [2.75, 3.05) is 5.32 Å². The summed E-state index contributed by atoms with van der Waals surface area (Å²) in [6.45, 7) is 0. The molecule has 0 fully saturated rings. The number of aromatic nitrogens is 1. The second-order valence-corrected chi connectivity index (χ2v) is 4.70. The number of pyridine rings is 1. The minimum Gasteiger partial charge on any atom is -0.351 e. The van der Waals surface area contributed by atoms with Crippen LogP contribution in [0.4, 0.5) is 10.5 Å². The number of hydrogen-bond acceptors (Lipinski definition) is 2. The molecule has 19 heavy (non-hydrogen) atoms. The number of carbonyl (C=O) groups is 1. The Kier molecular flexibility index (Phi) is 2.91. The summed E-state index contributed by atoms with van der Waals surface area (Å²) in [5, 5.41) is 2.79. The molecule has 3 N–H and O–H groups in total. The van der Waals surface area contributed by atoms with Crippen molar-refractivity contribution >= 4 is 11.7 Å². The van der Waals surface area contributed by atoms with E-state index in [1.165, 1.54) is 11.1 Å². The standard InChI is InChI=1S/C15H15N3O/c16-15(19)18-14-12-3-1-2-10(12)4-5-13(14)11-6-8-17-9-7-11/h4-9H,1-3H2,(H3,16,18,19). The Balaban J connectivity index is 2.16. The van der Waals surface area contributed by atoms with E-state index < -0.39 is 6.03 Å². The number of urea groups is 1.